The van der Waals surface area contributed by atoms with E-state index in [-0.39, 0.29) is 5.91 Å². The fourth-order valence-corrected chi connectivity index (χ4v) is 1.60. The molecule has 0 spiro atoms. The summed E-state index contributed by atoms with van der Waals surface area (Å²) in [4.78, 5) is 15.8. The molecule has 0 aromatic carbocycles. The van der Waals surface area contributed by atoms with Gasteiger partial charge in [-0.3, -0.25) is 14.5 Å². The molecule has 2 rings (SSSR count). The van der Waals surface area contributed by atoms with Gasteiger partial charge in [-0.15, -0.1) is 5.10 Å². The summed E-state index contributed by atoms with van der Waals surface area (Å²) >= 11 is 0. The average Bonchev–Trinajstić information content (AvgIpc) is 2.89. The van der Waals surface area contributed by atoms with E-state index in [1.807, 2.05) is 12.1 Å². The summed E-state index contributed by atoms with van der Waals surface area (Å²) in [6.45, 7) is 1.55. The van der Waals surface area contributed by atoms with Gasteiger partial charge in [0.25, 0.3) is 5.91 Å². The molecule has 0 aliphatic rings. The van der Waals surface area contributed by atoms with Crippen molar-refractivity contribution in [1.29, 1.82) is 0 Å². The monoisotopic (exact) mass is 260 g/mol. The van der Waals surface area contributed by atoms with E-state index in [4.69, 9.17) is 5.73 Å². The van der Waals surface area contributed by atoms with Crippen molar-refractivity contribution in [3.05, 3.63) is 42.0 Å². The van der Waals surface area contributed by atoms with Crippen LogP contribution in [0.25, 0.3) is 0 Å². The van der Waals surface area contributed by atoms with Crippen molar-refractivity contribution >= 4 is 5.91 Å². The molecular formula is C12H16N6O. The van der Waals surface area contributed by atoms with Crippen LogP contribution in [0.1, 0.15) is 16.1 Å². The summed E-state index contributed by atoms with van der Waals surface area (Å²) < 4.78 is 1.55. The van der Waals surface area contributed by atoms with Crippen LogP contribution in [0.4, 0.5) is 0 Å². The number of carbonyl (C=O) groups is 1. The number of carbonyl (C=O) groups excluding carboxylic acids is 1. The molecule has 0 atom stereocenters. The first kappa shape index (κ1) is 13.2. The van der Waals surface area contributed by atoms with Gasteiger partial charge in [0.05, 0.1) is 12.7 Å². The third-order valence-corrected chi connectivity index (χ3v) is 2.55. The summed E-state index contributed by atoms with van der Waals surface area (Å²) in [5.41, 5.74) is 6.78. The Kier molecular flexibility index (Phi) is 4.57. The van der Waals surface area contributed by atoms with Crippen LogP contribution >= 0.6 is 0 Å². The van der Waals surface area contributed by atoms with E-state index in [1.54, 1.807) is 23.3 Å². The first-order valence-electron chi connectivity index (χ1n) is 6.07. The number of amides is 1. The molecule has 0 bridgehead atoms. The highest BCUT2D eigenvalue weighted by Crippen LogP contribution is 1.97. The van der Waals surface area contributed by atoms with Crippen LogP contribution < -0.4 is 11.1 Å². The van der Waals surface area contributed by atoms with Gasteiger partial charge in [-0.2, -0.15) is 0 Å². The predicted molar refractivity (Wildman–Crippen MR) is 69.4 cm³/mol. The molecule has 0 saturated heterocycles. The topological polar surface area (TPSA) is 98.7 Å². The van der Waals surface area contributed by atoms with Gasteiger partial charge in [0, 0.05) is 25.5 Å². The average molecular weight is 260 g/mol. The van der Waals surface area contributed by atoms with Gasteiger partial charge in [-0.1, -0.05) is 11.3 Å². The molecular weight excluding hydrogens is 244 g/mol. The zero-order valence-electron chi connectivity index (χ0n) is 10.5. The van der Waals surface area contributed by atoms with E-state index in [9.17, 15) is 4.79 Å². The lowest BCUT2D eigenvalue weighted by atomic mass is 10.2. The number of hydrogen-bond donors (Lipinski definition) is 2. The van der Waals surface area contributed by atoms with Crippen molar-refractivity contribution < 1.29 is 4.79 Å². The quantitative estimate of drug-likeness (QED) is 0.736. The second-order valence-corrected chi connectivity index (χ2v) is 4.02. The Labute approximate surface area is 110 Å². The number of aromatic nitrogens is 4. The first-order chi connectivity index (χ1) is 9.29. The van der Waals surface area contributed by atoms with Crippen LogP contribution in [0, 0.1) is 0 Å². The number of nitrogens with one attached hydrogen (secondary N) is 1. The van der Waals surface area contributed by atoms with Crippen LogP contribution in [0.3, 0.4) is 0 Å². The predicted octanol–water partition coefficient (Wildman–Crippen LogP) is -0.396. The molecule has 7 heteroatoms. The lowest BCUT2D eigenvalue weighted by molar-refractivity contribution is 0.0949. The van der Waals surface area contributed by atoms with E-state index >= 15 is 0 Å². The number of nitrogens with zero attached hydrogens (tertiary/aromatic N) is 4. The summed E-state index contributed by atoms with van der Waals surface area (Å²) in [6.07, 6.45) is 5.82. The SMILES string of the molecule is NCCn1cc(C(=O)NCCc2cccnc2)nn1. The van der Waals surface area contributed by atoms with Crippen molar-refractivity contribution in [3.8, 4) is 0 Å². The lowest BCUT2D eigenvalue weighted by Gasteiger charge is -2.02. The molecule has 0 aliphatic heterocycles. The van der Waals surface area contributed by atoms with Crippen LogP contribution in [-0.2, 0) is 13.0 Å². The fourth-order valence-electron chi connectivity index (χ4n) is 1.60. The molecule has 1 amide bonds. The molecule has 7 nitrogen and oxygen atoms in total. The molecule has 0 saturated carbocycles. The molecule has 3 N–H and O–H groups in total. The molecule has 100 valence electrons. The zero-order chi connectivity index (χ0) is 13.5. The molecule has 0 unspecified atom stereocenters. The van der Waals surface area contributed by atoms with Crippen LogP contribution in [0.5, 0.6) is 0 Å². The van der Waals surface area contributed by atoms with Crippen LogP contribution in [0.15, 0.2) is 30.7 Å². The molecule has 0 fully saturated rings. The minimum absolute atomic E-state index is 0.229. The van der Waals surface area contributed by atoms with E-state index < -0.39 is 0 Å². The highest BCUT2D eigenvalue weighted by Gasteiger charge is 2.09. The van der Waals surface area contributed by atoms with Gasteiger partial charge >= 0.3 is 0 Å². The van der Waals surface area contributed by atoms with Gasteiger partial charge in [0.2, 0.25) is 0 Å². The maximum Gasteiger partial charge on any atom is 0.273 e. The smallest absolute Gasteiger partial charge is 0.273 e. The van der Waals surface area contributed by atoms with Gasteiger partial charge in [0.15, 0.2) is 5.69 Å². The number of pyridine rings is 1. The summed E-state index contributed by atoms with van der Waals surface area (Å²) in [5, 5.41) is 10.4. The third kappa shape index (κ3) is 3.85. The molecule has 19 heavy (non-hydrogen) atoms. The Morgan fingerprint density at radius 2 is 2.37 bits per heavy atom. The van der Waals surface area contributed by atoms with Crippen LogP contribution in [-0.4, -0.2) is 39.0 Å². The molecule has 0 aliphatic carbocycles. The molecule has 0 radical (unpaired) electrons. The molecule has 2 heterocycles. The highest BCUT2D eigenvalue weighted by atomic mass is 16.2. The van der Waals surface area contributed by atoms with Crippen LogP contribution in [0.2, 0.25) is 0 Å². The van der Waals surface area contributed by atoms with E-state index in [0.717, 1.165) is 12.0 Å². The van der Waals surface area contributed by atoms with Crippen molar-refractivity contribution in [1.82, 2.24) is 25.3 Å². The normalized spacial score (nSPS) is 10.4. The van der Waals surface area contributed by atoms with E-state index in [1.165, 1.54) is 0 Å². The first-order valence-corrected chi connectivity index (χ1v) is 6.07. The second kappa shape index (κ2) is 6.60. The van der Waals surface area contributed by atoms with Crippen molar-refractivity contribution in [2.75, 3.05) is 13.1 Å². The van der Waals surface area contributed by atoms with E-state index in [2.05, 4.69) is 20.6 Å². The highest BCUT2D eigenvalue weighted by molar-refractivity contribution is 5.91. The summed E-state index contributed by atoms with van der Waals surface area (Å²) in [7, 11) is 0. The van der Waals surface area contributed by atoms with E-state index in [0.29, 0.717) is 25.3 Å². The van der Waals surface area contributed by atoms with Gasteiger partial charge in [0.1, 0.15) is 0 Å². The summed E-state index contributed by atoms with van der Waals surface area (Å²) in [6, 6.07) is 3.84. The minimum atomic E-state index is -0.229. The Hall–Kier alpha value is -2.28. The van der Waals surface area contributed by atoms with Crippen molar-refractivity contribution in [2.24, 2.45) is 5.73 Å². The minimum Gasteiger partial charge on any atom is -0.350 e. The molecule has 2 aromatic heterocycles. The maximum atomic E-state index is 11.8. The maximum absolute atomic E-state index is 11.8. The van der Waals surface area contributed by atoms with Gasteiger partial charge in [-0.25, -0.2) is 0 Å². The fraction of sp³-hybridized carbons (Fsp3) is 0.333. The Bertz CT molecular complexity index is 524. The molecule has 2 aromatic rings. The Balaban J connectivity index is 1.80. The largest absolute Gasteiger partial charge is 0.350 e. The van der Waals surface area contributed by atoms with Crippen molar-refractivity contribution in [3.63, 3.8) is 0 Å². The lowest BCUT2D eigenvalue weighted by Crippen LogP contribution is -2.26. The Morgan fingerprint density at radius 3 is 3.11 bits per heavy atom. The number of nitrogens with two attached hydrogens (primary N) is 1. The number of rotatable bonds is 6. The number of hydrogen-bond acceptors (Lipinski definition) is 5. The second-order valence-electron chi connectivity index (χ2n) is 4.02. The third-order valence-electron chi connectivity index (χ3n) is 2.55. The van der Waals surface area contributed by atoms with Crippen molar-refractivity contribution in [2.45, 2.75) is 13.0 Å². The summed E-state index contributed by atoms with van der Waals surface area (Å²) in [5.74, 6) is -0.229. The standard InChI is InChI=1S/C12H16N6O/c13-4-7-18-9-11(16-17-18)12(19)15-6-3-10-2-1-5-14-8-10/h1-2,5,8-9H,3-4,6-7,13H2,(H,15,19). The zero-order valence-corrected chi connectivity index (χ0v) is 10.5. The van der Waals surface area contributed by atoms with Gasteiger partial charge in [-0.05, 0) is 18.1 Å². The van der Waals surface area contributed by atoms with Gasteiger partial charge < -0.3 is 11.1 Å². The Morgan fingerprint density at radius 1 is 1.47 bits per heavy atom.